The van der Waals surface area contributed by atoms with Gasteiger partial charge in [-0.2, -0.15) is 0 Å². The monoisotopic (exact) mass is 276 g/mol. The molecule has 3 aromatic rings. The molecule has 104 valence electrons. The van der Waals surface area contributed by atoms with Gasteiger partial charge >= 0.3 is 0 Å². The highest BCUT2D eigenvalue weighted by Gasteiger charge is 2.06. The zero-order chi connectivity index (χ0) is 14.7. The molecule has 0 aromatic heterocycles. The van der Waals surface area contributed by atoms with Crippen LogP contribution in [-0.2, 0) is 0 Å². The van der Waals surface area contributed by atoms with Crippen molar-refractivity contribution in [3.8, 4) is 16.9 Å². The first-order valence-electron chi connectivity index (χ1n) is 7.03. The first kappa shape index (κ1) is 13.4. The number of rotatable bonds is 4. The van der Waals surface area contributed by atoms with Crippen LogP contribution in [0.4, 0.5) is 0 Å². The van der Waals surface area contributed by atoms with E-state index in [1.807, 2.05) is 37.3 Å². The second kappa shape index (κ2) is 5.80. The lowest BCUT2D eigenvalue weighted by Gasteiger charge is -2.09. The van der Waals surface area contributed by atoms with Gasteiger partial charge < -0.3 is 4.74 Å². The summed E-state index contributed by atoms with van der Waals surface area (Å²) in [5.41, 5.74) is 2.75. The van der Waals surface area contributed by atoms with Crippen LogP contribution in [-0.4, -0.2) is 12.9 Å². The molecule has 0 saturated heterocycles. The van der Waals surface area contributed by atoms with Crippen molar-refractivity contribution in [3.63, 3.8) is 0 Å². The Labute approximate surface area is 124 Å². The second-order valence-corrected chi connectivity index (χ2v) is 4.87. The van der Waals surface area contributed by atoms with Gasteiger partial charge in [0.2, 0.25) is 0 Å². The fraction of sp³-hybridized carbons (Fsp3) is 0.105. The van der Waals surface area contributed by atoms with E-state index in [1.54, 1.807) is 0 Å². The number of benzene rings is 3. The Morgan fingerprint density at radius 2 is 1.62 bits per heavy atom. The Morgan fingerprint density at radius 1 is 0.905 bits per heavy atom. The molecule has 2 nitrogen and oxygen atoms in total. The second-order valence-electron chi connectivity index (χ2n) is 4.87. The van der Waals surface area contributed by atoms with Crippen molar-refractivity contribution in [1.82, 2.24) is 0 Å². The highest BCUT2D eigenvalue weighted by molar-refractivity contribution is 5.88. The fourth-order valence-corrected chi connectivity index (χ4v) is 2.46. The van der Waals surface area contributed by atoms with E-state index in [2.05, 4.69) is 30.3 Å². The summed E-state index contributed by atoms with van der Waals surface area (Å²) in [4.78, 5) is 11.0. The number of hydrogen-bond acceptors (Lipinski definition) is 2. The van der Waals surface area contributed by atoms with Crippen molar-refractivity contribution < 1.29 is 9.53 Å². The van der Waals surface area contributed by atoms with Crippen molar-refractivity contribution in [2.45, 2.75) is 6.92 Å². The van der Waals surface area contributed by atoms with Crippen LogP contribution >= 0.6 is 0 Å². The van der Waals surface area contributed by atoms with Crippen molar-refractivity contribution in [2.24, 2.45) is 0 Å². The van der Waals surface area contributed by atoms with E-state index in [0.717, 1.165) is 17.4 Å². The van der Waals surface area contributed by atoms with Crippen LogP contribution in [0.1, 0.15) is 17.3 Å². The van der Waals surface area contributed by atoms with Gasteiger partial charge in [0.15, 0.2) is 6.29 Å². The molecule has 0 N–H and O–H groups in total. The third-order valence-corrected chi connectivity index (χ3v) is 3.52. The molecule has 0 heterocycles. The molecular weight excluding hydrogens is 260 g/mol. The van der Waals surface area contributed by atoms with Crippen LogP contribution in [0.15, 0.2) is 60.7 Å². The number of fused-ring (bicyclic) bond motifs is 1. The van der Waals surface area contributed by atoms with Crippen LogP contribution < -0.4 is 4.74 Å². The summed E-state index contributed by atoms with van der Waals surface area (Å²) >= 11 is 0. The number of ether oxygens (including phenoxy) is 1. The summed E-state index contributed by atoms with van der Waals surface area (Å²) in [5, 5.41) is 2.42. The van der Waals surface area contributed by atoms with Crippen LogP contribution in [0.5, 0.6) is 5.75 Å². The molecular formula is C19H16O2. The zero-order valence-corrected chi connectivity index (χ0v) is 11.9. The fourth-order valence-electron chi connectivity index (χ4n) is 2.46. The Hall–Kier alpha value is -2.61. The standard InChI is InChI=1S/C19H16O2/c1-2-21-19-12-17(9-10-18(19)13-20)16-8-7-14-5-3-4-6-15(14)11-16/h3-13H,2H2,1H3. The molecule has 0 unspecified atom stereocenters. The molecule has 0 spiro atoms. The quantitative estimate of drug-likeness (QED) is 0.645. The molecule has 0 saturated carbocycles. The molecule has 0 aliphatic carbocycles. The summed E-state index contributed by atoms with van der Waals surface area (Å²) in [6.45, 7) is 2.46. The summed E-state index contributed by atoms with van der Waals surface area (Å²) in [7, 11) is 0. The molecule has 0 amide bonds. The summed E-state index contributed by atoms with van der Waals surface area (Å²) in [6, 6.07) is 20.3. The van der Waals surface area contributed by atoms with Crippen molar-refractivity contribution >= 4 is 17.1 Å². The number of hydrogen-bond donors (Lipinski definition) is 0. The highest BCUT2D eigenvalue weighted by atomic mass is 16.5. The predicted molar refractivity (Wildman–Crippen MR) is 85.9 cm³/mol. The van der Waals surface area contributed by atoms with Crippen LogP contribution in [0.2, 0.25) is 0 Å². The molecule has 21 heavy (non-hydrogen) atoms. The molecule has 0 aliphatic rings. The Kier molecular flexibility index (Phi) is 3.69. The van der Waals surface area contributed by atoms with Crippen LogP contribution in [0.3, 0.4) is 0 Å². The van der Waals surface area contributed by atoms with Gasteiger partial charge in [-0.15, -0.1) is 0 Å². The Morgan fingerprint density at radius 3 is 2.38 bits per heavy atom. The highest BCUT2D eigenvalue weighted by Crippen LogP contribution is 2.29. The molecule has 0 fully saturated rings. The maximum absolute atomic E-state index is 11.0. The number of carbonyl (C=O) groups is 1. The minimum Gasteiger partial charge on any atom is -0.493 e. The van der Waals surface area contributed by atoms with Gasteiger partial charge in [0.1, 0.15) is 5.75 Å². The Balaban J connectivity index is 2.09. The van der Waals surface area contributed by atoms with E-state index in [9.17, 15) is 4.79 Å². The van der Waals surface area contributed by atoms with E-state index in [4.69, 9.17) is 4.74 Å². The normalized spacial score (nSPS) is 10.5. The molecule has 0 bridgehead atoms. The van der Waals surface area contributed by atoms with Crippen LogP contribution in [0.25, 0.3) is 21.9 Å². The minimum absolute atomic E-state index is 0.544. The third kappa shape index (κ3) is 2.65. The zero-order valence-electron chi connectivity index (χ0n) is 11.9. The van der Waals surface area contributed by atoms with E-state index in [0.29, 0.717) is 17.9 Å². The van der Waals surface area contributed by atoms with Gasteiger partial charge in [0.05, 0.1) is 12.2 Å². The van der Waals surface area contributed by atoms with E-state index in [-0.39, 0.29) is 0 Å². The lowest BCUT2D eigenvalue weighted by Crippen LogP contribution is -1.96. The summed E-state index contributed by atoms with van der Waals surface area (Å²) < 4.78 is 5.55. The molecule has 0 radical (unpaired) electrons. The summed E-state index contributed by atoms with van der Waals surface area (Å²) in [5.74, 6) is 0.637. The predicted octanol–water partition coefficient (Wildman–Crippen LogP) is 4.72. The maximum atomic E-state index is 11.0. The number of carbonyl (C=O) groups excluding carboxylic acids is 1. The van der Waals surface area contributed by atoms with Gasteiger partial charge in [-0.05, 0) is 47.0 Å². The van der Waals surface area contributed by atoms with Gasteiger partial charge in [0.25, 0.3) is 0 Å². The molecule has 3 rings (SSSR count). The van der Waals surface area contributed by atoms with Gasteiger partial charge in [-0.25, -0.2) is 0 Å². The molecule has 2 heteroatoms. The summed E-state index contributed by atoms with van der Waals surface area (Å²) in [6.07, 6.45) is 0.829. The maximum Gasteiger partial charge on any atom is 0.153 e. The first-order valence-corrected chi connectivity index (χ1v) is 7.03. The Bertz CT molecular complexity index is 790. The van der Waals surface area contributed by atoms with Crippen LogP contribution in [0, 0.1) is 0 Å². The minimum atomic E-state index is 0.544. The van der Waals surface area contributed by atoms with E-state index in [1.165, 1.54) is 10.8 Å². The molecule has 0 atom stereocenters. The first-order chi connectivity index (χ1) is 10.3. The average molecular weight is 276 g/mol. The SMILES string of the molecule is CCOc1cc(-c2ccc3ccccc3c2)ccc1C=O. The van der Waals surface area contributed by atoms with Crippen molar-refractivity contribution in [3.05, 3.63) is 66.2 Å². The van der Waals surface area contributed by atoms with Crippen molar-refractivity contribution in [2.75, 3.05) is 6.61 Å². The molecule has 0 aliphatic heterocycles. The van der Waals surface area contributed by atoms with Gasteiger partial charge in [-0.1, -0.05) is 42.5 Å². The van der Waals surface area contributed by atoms with Gasteiger partial charge in [0, 0.05) is 0 Å². The lowest BCUT2D eigenvalue weighted by molar-refractivity contribution is 0.112. The van der Waals surface area contributed by atoms with Crippen molar-refractivity contribution in [1.29, 1.82) is 0 Å². The largest absolute Gasteiger partial charge is 0.493 e. The van der Waals surface area contributed by atoms with Gasteiger partial charge in [-0.3, -0.25) is 4.79 Å². The average Bonchev–Trinajstić information content (AvgIpc) is 2.54. The topological polar surface area (TPSA) is 26.3 Å². The smallest absolute Gasteiger partial charge is 0.153 e. The van der Waals surface area contributed by atoms with E-state index >= 15 is 0 Å². The van der Waals surface area contributed by atoms with E-state index < -0.39 is 0 Å². The third-order valence-electron chi connectivity index (χ3n) is 3.52. The lowest BCUT2D eigenvalue weighted by atomic mass is 10.00. The number of aldehydes is 1. The molecule has 3 aromatic carbocycles.